The molecule has 3 heteroatoms. The van der Waals surface area contributed by atoms with Gasteiger partial charge in [-0.3, -0.25) is 0 Å². The highest BCUT2D eigenvalue weighted by Gasteiger charge is 2.29. The summed E-state index contributed by atoms with van der Waals surface area (Å²) in [6.07, 6.45) is 2.44. The molecule has 0 saturated carbocycles. The fourth-order valence-corrected chi connectivity index (χ4v) is 2.49. The molecule has 2 saturated heterocycles. The Hall–Kier alpha value is 0.270. The molecule has 0 aliphatic carbocycles. The largest absolute Gasteiger partial charge is 0.381 e. The second-order valence-corrected chi connectivity index (χ2v) is 5.61. The van der Waals surface area contributed by atoms with Crippen molar-refractivity contribution in [3.05, 3.63) is 0 Å². The summed E-state index contributed by atoms with van der Waals surface area (Å²) in [4.78, 5) is 0. The molecule has 2 rings (SSSR count). The molecular weight excluding hydrogens is 182 g/mol. The van der Waals surface area contributed by atoms with Crippen LogP contribution in [0.15, 0.2) is 0 Å². The maximum atomic E-state index is 5.38. The van der Waals surface area contributed by atoms with Gasteiger partial charge in [0, 0.05) is 37.3 Å². The van der Waals surface area contributed by atoms with Crippen LogP contribution in [0.2, 0.25) is 0 Å². The van der Waals surface area contributed by atoms with Gasteiger partial charge in [0.25, 0.3) is 0 Å². The topological polar surface area (TPSA) is 21.3 Å². The summed E-state index contributed by atoms with van der Waals surface area (Å²) in [6, 6.07) is 0.796. The van der Waals surface area contributed by atoms with E-state index in [1.54, 1.807) is 0 Å². The fourth-order valence-electron chi connectivity index (χ4n) is 1.79. The Bertz CT molecular complexity index is 164. The smallest absolute Gasteiger partial charge is 0.0471 e. The third-order valence-corrected chi connectivity index (χ3v) is 4.43. The molecule has 0 aromatic heterocycles. The minimum atomic E-state index is 0.499. The Labute approximate surface area is 84.8 Å². The standard InChI is InChI=1S/C10H19NOS/c1-10(2-4-12-5-3-10)8-11-9-6-13-7-9/h9,11H,2-8H2,1H3. The summed E-state index contributed by atoms with van der Waals surface area (Å²) in [5, 5.41) is 3.65. The molecule has 0 spiro atoms. The first-order valence-electron chi connectivity index (χ1n) is 5.17. The molecule has 0 unspecified atom stereocenters. The zero-order valence-corrected chi connectivity index (χ0v) is 9.16. The minimum Gasteiger partial charge on any atom is -0.381 e. The first-order chi connectivity index (χ1) is 6.29. The lowest BCUT2D eigenvalue weighted by molar-refractivity contribution is 0.0233. The van der Waals surface area contributed by atoms with Crippen molar-refractivity contribution in [3.63, 3.8) is 0 Å². The molecule has 2 nitrogen and oxygen atoms in total. The van der Waals surface area contributed by atoms with Crippen LogP contribution < -0.4 is 5.32 Å². The van der Waals surface area contributed by atoms with Gasteiger partial charge in [-0.1, -0.05) is 6.92 Å². The van der Waals surface area contributed by atoms with Crippen LogP contribution in [0, 0.1) is 5.41 Å². The lowest BCUT2D eigenvalue weighted by Crippen LogP contribution is -2.46. The first-order valence-corrected chi connectivity index (χ1v) is 6.33. The third-order valence-electron chi connectivity index (χ3n) is 3.16. The van der Waals surface area contributed by atoms with Crippen LogP contribution in [0.25, 0.3) is 0 Å². The highest BCUT2D eigenvalue weighted by molar-refractivity contribution is 8.00. The Morgan fingerprint density at radius 2 is 2.08 bits per heavy atom. The fraction of sp³-hybridized carbons (Fsp3) is 1.00. The number of thioether (sulfide) groups is 1. The summed E-state index contributed by atoms with van der Waals surface area (Å²) in [5.74, 6) is 2.62. The van der Waals surface area contributed by atoms with Crippen molar-refractivity contribution in [1.82, 2.24) is 5.32 Å². The number of hydrogen-bond donors (Lipinski definition) is 1. The van der Waals surface area contributed by atoms with E-state index in [-0.39, 0.29) is 0 Å². The summed E-state index contributed by atoms with van der Waals surface area (Å²) in [5.41, 5.74) is 0.499. The van der Waals surface area contributed by atoms with Crippen molar-refractivity contribution in [1.29, 1.82) is 0 Å². The molecule has 0 aromatic rings. The van der Waals surface area contributed by atoms with Crippen LogP contribution in [0.5, 0.6) is 0 Å². The molecule has 2 heterocycles. The maximum absolute atomic E-state index is 5.38. The second kappa shape index (κ2) is 4.20. The molecule has 2 aliphatic heterocycles. The number of ether oxygens (including phenoxy) is 1. The van der Waals surface area contributed by atoms with E-state index >= 15 is 0 Å². The zero-order chi connectivity index (χ0) is 9.15. The number of hydrogen-bond acceptors (Lipinski definition) is 3. The molecule has 13 heavy (non-hydrogen) atoms. The molecule has 76 valence electrons. The Morgan fingerprint density at radius 3 is 2.62 bits per heavy atom. The van der Waals surface area contributed by atoms with E-state index in [0.29, 0.717) is 5.41 Å². The molecule has 0 radical (unpaired) electrons. The highest BCUT2D eigenvalue weighted by Crippen LogP contribution is 2.29. The molecule has 0 atom stereocenters. The lowest BCUT2D eigenvalue weighted by Gasteiger charge is -2.36. The Morgan fingerprint density at radius 1 is 1.38 bits per heavy atom. The molecule has 0 amide bonds. The average molecular weight is 201 g/mol. The van der Waals surface area contributed by atoms with Crippen molar-refractivity contribution in [2.24, 2.45) is 5.41 Å². The van der Waals surface area contributed by atoms with Crippen LogP contribution in [-0.4, -0.2) is 37.3 Å². The van der Waals surface area contributed by atoms with Gasteiger partial charge < -0.3 is 10.1 Å². The van der Waals surface area contributed by atoms with E-state index in [4.69, 9.17) is 4.74 Å². The zero-order valence-electron chi connectivity index (χ0n) is 8.34. The van der Waals surface area contributed by atoms with Crippen molar-refractivity contribution in [2.45, 2.75) is 25.8 Å². The molecule has 2 aliphatic rings. The van der Waals surface area contributed by atoms with Crippen molar-refractivity contribution in [3.8, 4) is 0 Å². The predicted molar refractivity (Wildman–Crippen MR) is 57.3 cm³/mol. The lowest BCUT2D eigenvalue weighted by atomic mass is 9.82. The van der Waals surface area contributed by atoms with Crippen molar-refractivity contribution < 1.29 is 4.74 Å². The van der Waals surface area contributed by atoms with Crippen LogP contribution >= 0.6 is 11.8 Å². The minimum absolute atomic E-state index is 0.499. The van der Waals surface area contributed by atoms with Gasteiger partial charge >= 0.3 is 0 Å². The van der Waals surface area contributed by atoms with E-state index < -0.39 is 0 Å². The Balaban J connectivity index is 1.71. The van der Waals surface area contributed by atoms with Gasteiger partial charge in [0.1, 0.15) is 0 Å². The molecule has 1 N–H and O–H groups in total. The van der Waals surface area contributed by atoms with Gasteiger partial charge in [-0.25, -0.2) is 0 Å². The van der Waals surface area contributed by atoms with E-state index in [0.717, 1.165) is 19.3 Å². The monoisotopic (exact) mass is 201 g/mol. The van der Waals surface area contributed by atoms with Gasteiger partial charge in [-0.15, -0.1) is 0 Å². The SMILES string of the molecule is CC1(CNC2CSC2)CCOCC1. The number of nitrogens with one attached hydrogen (secondary N) is 1. The summed E-state index contributed by atoms with van der Waals surface area (Å²) in [7, 11) is 0. The van der Waals surface area contributed by atoms with E-state index in [1.165, 1.54) is 30.9 Å². The number of rotatable bonds is 3. The summed E-state index contributed by atoms with van der Waals surface area (Å²) in [6.45, 7) is 5.48. The van der Waals surface area contributed by atoms with Crippen molar-refractivity contribution in [2.75, 3.05) is 31.3 Å². The van der Waals surface area contributed by atoms with Gasteiger partial charge in [-0.05, 0) is 18.3 Å². The maximum Gasteiger partial charge on any atom is 0.0471 e. The van der Waals surface area contributed by atoms with E-state index in [2.05, 4.69) is 12.2 Å². The van der Waals surface area contributed by atoms with Crippen molar-refractivity contribution >= 4 is 11.8 Å². The van der Waals surface area contributed by atoms with Gasteiger partial charge in [0.05, 0.1) is 0 Å². The molecular formula is C10H19NOS. The van der Waals surface area contributed by atoms with E-state index in [1.807, 2.05) is 11.8 Å². The van der Waals surface area contributed by atoms with Crippen LogP contribution in [0.4, 0.5) is 0 Å². The van der Waals surface area contributed by atoms with E-state index in [9.17, 15) is 0 Å². The van der Waals surface area contributed by atoms with Gasteiger partial charge in [0.2, 0.25) is 0 Å². The third kappa shape index (κ3) is 2.61. The molecule has 0 bridgehead atoms. The summed E-state index contributed by atoms with van der Waals surface area (Å²) < 4.78 is 5.38. The van der Waals surface area contributed by atoms with Gasteiger partial charge in [-0.2, -0.15) is 11.8 Å². The molecule has 2 fully saturated rings. The predicted octanol–water partition coefficient (Wildman–Crippen LogP) is 1.51. The van der Waals surface area contributed by atoms with Crippen LogP contribution in [-0.2, 0) is 4.74 Å². The van der Waals surface area contributed by atoms with Crippen LogP contribution in [0.3, 0.4) is 0 Å². The van der Waals surface area contributed by atoms with Gasteiger partial charge in [0.15, 0.2) is 0 Å². The highest BCUT2D eigenvalue weighted by atomic mass is 32.2. The summed E-state index contributed by atoms with van der Waals surface area (Å²) >= 11 is 2.04. The quantitative estimate of drug-likeness (QED) is 0.748. The van der Waals surface area contributed by atoms with Crippen LogP contribution in [0.1, 0.15) is 19.8 Å². The molecule has 0 aromatic carbocycles. The Kier molecular flexibility index (Phi) is 3.17. The second-order valence-electron chi connectivity index (χ2n) is 4.54. The average Bonchev–Trinajstić information content (AvgIpc) is 2.02. The normalized spacial score (nSPS) is 28.4. The first kappa shape index (κ1) is 9.81.